The lowest BCUT2D eigenvalue weighted by molar-refractivity contribution is -0.137. The van der Waals surface area contributed by atoms with Crippen LogP contribution in [-0.4, -0.2) is 50.3 Å². The van der Waals surface area contributed by atoms with E-state index in [1.807, 2.05) is 0 Å². The number of carboxylic acids is 1. The van der Waals surface area contributed by atoms with E-state index in [2.05, 4.69) is 21.2 Å². The summed E-state index contributed by atoms with van der Waals surface area (Å²) >= 11 is 3.16. The van der Waals surface area contributed by atoms with Crippen molar-refractivity contribution >= 4 is 37.8 Å². The van der Waals surface area contributed by atoms with Gasteiger partial charge in [-0.1, -0.05) is 0 Å². The number of hydrogen-bond acceptors (Lipinski definition) is 4. The smallest absolute Gasteiger partial charge is 0.303 e. The lowest BCUT2D eigenvalue weighted by atomic mass is 10.2. The largest absolute Gasteiger partial charge is 0.481 e. The molecule has 0 radical (unpaired) electrons. The van der Waals surface area contributed by atoms with E-state index >= 15 is 0 Å². The Hall–Kier alpha value is -1.45. The molecule has 0 atom stereocenters. The number of carbonyl (C=O) groups excluding carboxylic acids is 1. The van der Waals surface area contributed by atoms with Crippen molar-refractivity contribution in [3.05, 3.63) is 28.2 Å². The predicted octanol–water partition coefficient (Wildman–Crippen LogP) is 1.29. The highest BCUT2D eigenvalue weighted by atomic mass is 79.9. The van der Waals surface area contributed by atoms with E-state index < -0.39 is 16.0 Å². The number of hydrogen-bond donors (Lipinski definition) is 2. The number of nitrogens with zero attached hydrogens (tertiary/aromatic N) is 1. The monoisotopic (exact) mass is 392 g/mol. The van der Waals surface area contributed by atoms with Crippen molar-refractivity contribution in [1.82, 2.24) is 9.62 Å². The maximum Gasteiger partial charge on any atom is 0.303 e. The second-order valence-corrected chi connectivity index (χ2v) is 7.66. The van der Waals surface area contributed by atoms with Crippen LogP contribution in [-0.2, 0) is 14.8 Å². The van der Waals surface area contributed by atoms with Crippen molar-refractivity contribution in [2.45, 2.75) is 17.7 Å². The molecule has 0 aliphatic rings. The van der Waals surface area contributed by atoms with Crippen molar-refractivity contribution in [1.29, 1.82) is 0 Å². The van der Waals surface area contributed by atoms with Gasteiger partial charge in [-0.15, -0.1) is 0 Å². The van der Waals surface area contributed by atoms with Gasteiger partial charge in [0.05, 0.1) is 4.90 Å². The molecule has 122 valence electrons. The summed E-state index contributed by atoms with van der Waals surface area (Å²) in [6.45, 7) is 0.237. The first-order chi connectivity index (χ1) is 10.2. The van der Waals surface area contributed by atoms with Crippen molar-refractivity contribution < 1.29 is 23.1 Å². The summed E-state index contributed by atoms with van der Waals surface area (Å²) in [7, 11) is -0.748. The maximum absolute atomic E-state index is 12.0. The van der Waals surface area contributed by atoms with Gasteiger partial charge >= 0.3 is 5.97 Å². The minimum Gasteiger partial charge on any atom is -0.481 e. The van der Waals surface area contributed by atoms with E-state index in [4.69, 9.17) is 5.11 Å². The molecule has 7 nitrogen and oxygen atoms in total. The van der Waals surface area contributed by atoms with Gasteiger partial charge in [0, 0.05) is 37.1 Å². The molecule has 0 heterocycles. The molecule has 0 bridgehead atoms. The Bertz CT molecular complexity index is 673. The van der Waals surface area contributed by atoms with Gasteiger partial charge in [0.1, 0.15) is 0 Å². The highest BCUT2D eigenvalue weighted by Crippen LogP contribution is 2.25. The van der Waals surface area contributed by atoms with Crippen LogP contribution in [0.25, 0.3) is 0 Å². The summed E-state index contributed by atoms with van der Waals surface area (Å²) in [4.78, 5) is 22.3. The molecule has 22 heavy (non-hydrogen) atoms. The molecular weight excluding hydrogens is 376 g/mol. The van der Waals surface area contributed by atoms with Crippen molar-refractivity contribution in [2.24, 2.45) is 0 Å². The van der Waals surface area contributed by atoms with Crippen molar-refractivity contribution in [2.75, 3.05) is 20.6 Å². The van der Waals surface area contributed by atoms with Crippen LogP contribution in [0.1, 0.15) is 23.2 Å². The van der Waals surface area contributed by atoms with Crippen LogP contribution in [0.2, 0.25) is 0 Å². The lowest BCUT2D eigenvalue weighted by Gasteiger charge is -2.13. The molecule has 0 saturated carbocycles. The third-order valence-corrected chi connectivity index (χ3v) is 5.60. The third kappa shape index (κ3) is 4.79. The standard InChI is InChI=1S/C13H17BrN2O5S/c1-16(2)22(20,21)11-6-5-9(8-10(11)14)13(19)15-7-3-4-12(17)18/h5-6,8H,3-4,7H2,1-2H3,(H,15,19)(H,17,18). The quantitative estimate of drug-likeness (QED) is 0.680. The second kappa shape index (κ2) is 7.70. The number of rotatable bonds is 7. The molecule has 0 fully saturated rings. The SMILES string of the molecule is CN(C)S(=O)(=O)c1ccc(C(=O)NCCCC(=O)O)cc1Br. The van der Waals surface area contributed by atoms with Crippen LogP contribution < -0.4 is 5.32 Å². The van der Waals surface area contributed by atoms with E-state index in [1.54, 1.807) is 0 Å². The molecule has 1 rings (SSSR count). The molecule has 0 aliphatic heterocycles. The van der Waals surface area contributed by atoms with Crippen LogP contribution in [0.4, 0.5) is 0 Å². The van der Waals surface area contributed by atoms with E-state index in [1.165, 1.54) is 32.3 Å². The average molecular weight is 393 g/mol. The van der Waals surface area contributed by atoms with Gasteiger partial charge in [0.2, 0.25) is 10.0 Å². The first-order valence-electron chi connectivity index (χ1n) is 6.38. The fraction of sp³-hybridized carbons (Fsp3) is 0.385. The first kappa shape index (κ1) is 18.6. The fourth-order valence-corrected chi connectivity index (χ4v) is 3.52. The van der Waals surface area contributed by atoms with Gasteiger partial charge in [-0.25, -0.2) is 12.7 Å². The van der Waals surface area contributed by atoms with Crippen LogP contribution in [0.3, 0.4) is 0 Å². The predicted molar refractivity (Wildman–Crippen MR) is 84.2 cm³/mol. The normalized spacial score (nSPS) is 11.5. The Morgan fingerprint density at radius 3 is 2.45 bits per heavy atom. The zero-order chi connectivity index (χ0) is 16.9. The number of sulfonamides is 1. The van der Waals surface area contributed by atoms with Gasteiger partial charge < -0.3 is 10.4 Å². The number of carboxylic acid groups (broad SMARTS) is 1. The highest BCUT2D eigenvalue weighted by Gasteiger charge is 2.21. The topological polar surface area (TPSA) is 104 Å². The lowest BCUT2D eigenvalue weighted by Crippen LogP contribution is -2.25. The molecule has 0 unspecified atom stereocenters. The number of halogens is 1. The van der Waals surface area contributed by atoms with Gasteiger partial charge in [-0.05, 0) is 40.5 Å². The summed E-state index contributed by atoms with van der Waals surface area (Å²) < 4.78 is 25.5. The molecule has 0 aromatic heterocycles. The van der Waals surface area contributed by atoms with Crippen molar-refractivity contribution in [3.8, 4) is 0 Å². The summed E-state index contributed by atoms with van der Waals surface area (Å²) in [6.07, 6.45) is 0.305. The van der Waals surface area contributed by atoms with Crippen LogP contribution in [0, 0.1) is 0 Å². The molecule has 0 aliphatic carbocycles. The average Bonchev–Trinajstić information content (AvgIpc) is 2.42. The Morgan fingerprint density at radius 1 is 1.32 bits per heavy atom. The van der Waals surface area contributed by atoms with E-state index in [0.29, 0.717) is 16.5 Å². The maximum atomic E-state index is 12.0. The molecule has 1 amide bonds. The summed E-state index contributed by atoms with van der Waals surface area (Å²) in [5, 5.41) is 11.1. The Kier molecular flexibility index (Phi) is 6.51. The molecule has 9 heteroatoms. The molecule has 1 aromatic carbocycles. The zero-order valence-corrected chi connectivity index (χ0v) is 14.6. The van der Waals surface area contributed by atoms with Gasteiger partial charge in [-0.2, -0.15) is 0 Å². The summed E-state index contributed by atoms with van der Waals surface area (Å²) in [5.74, 6) is -1.31. The fourth-order valence-electron chi connectivity index (χ4n) is 1.59. The zero-order valence-electron chi connectivity index (χ0n) is 12.2. The van der Waals surface area contributed by atoms with E-state index in [0.717, 1.165) is 4.31 Å². The molecule has 1 aromatic rings. The number of nitrogens with one attached hydrogen (secondary N) is 1. The number of amides is 1. The minimum absolute atomic E-state index is 0.0238. The van der Waals surface area contributed by atoms with Crippen molar-refractivity contribution in [3.63, 3.8) is 0 Å². The molecule has 2 N–H and O–H groups in total. The Morgan fingerprint density at radius 2 is 1.95 bits per heavy atom. The Labute approximate surface area is 137 Å². The summed E-state index contributed by atoms with van der Waals surface area (Å²) in [5.41, 5.74) is 0.292. The molecular formula is C13H17BrN2O5S. The van der Waals surface area contributed by atoms with Crippen LogP contribution in [0.15, 0.2) is 27.6 Å². The number of aliphatic carboxylic acids is 1. The number of carbonyl (C=O) groups is 2. The highest BCUT2D eigenvalue weighted by molar-refractivity contribution is 9.10. The van der Waals surface area contributed by atoms with E-state index in [-0.39, 0.29) is 23.8 Å². The van der Waals surface area contributed by atoms with E-state index in [9.17, 15) is 18.0 Å². The second-order valence-electron chi connectivity index (χ2n) is 4.69. The summed E-state index contributed by atoms with van der Waals surface area (Å²) in [6, 6.07) is 4.18. The van der Waals surface area contributed by atoms with Gasteiger partial charge in [-0.3, -0.25) is 9.59 Å². The molecule has 0 saturated heterocycles. The minimum atomic E-state index is -3.59. The molecule has 0 spiro atoms. The number of benzene rings is 1. The third-order valence-electron chi connectivity index (χ3n) is 2.81. The van der Waals surface area contributed by atoms with Crippen LogP contribution in [0.5, 0.6) is 0 Å². The Balaban J connectivity index is 2.81. The van der Waals surface area contributed by atoms with Gasteiger partial charge in [0.25, 0.3) is 5.91 Å². The van der Waals surface area contributed by atoms with Gasteiger partial charge in [0.15, 0.2) is 0 Å². The first-order valence-corrected chi connectivity index (χ1v) is 8.61. The van der Waals surface area contributed by atoms with Crippen LogP contribution >= 0.6 is 15.9 Å².